The van der Waals surface area contributed by atoms with E-state index in [-0.39, 0.29) is 28.7 Å². The van der Waals surface area contributed by atoms with E-state index in [0.717, 1.165) is 74.4 Å². The van der Waals surface area contributed by atoms with Crippen molar-refractivity contribution in [2.45, 2.75) is 64.3 Å². The molecule has 51 heavy (non-hydrogen) atoms. The predicted octanol–water partition coefficient (Wildman–Crippen LogP) is 5.96. The standard InChI is InChI=1S/C39H49F4N5O3/c1-27-24-47(18-15-44-27)26-30-7-5-9-32(19-30)34-21-29(11-12-35(34)40)23-45-37(49)33-10-6-8-31(20-33)25-46-16-13-28(14-17-46)22-36(48(2,3)4)51-38(50)39(41,42)43/h5-12,19-21,27-28,36,44H,13-18,22-26H2,1-4H3/p+1/t27-,36?/m0/s1. The molecule has 3 aromatic rings. The van der Waals surface area contributed by atoms with Crippen LogP contribution in [0.2, 0.25) is 0 Å². The van der Waals surface area contributed by atoms with Crippen molar-refractivity contribution >= 4 is 11.9 Å². The van der Waals surface area contributed by atoms with Gasteiger partial charge in [-0.1, -0.05) is 36.4 Å². The third-order valence-electron chi connectivity index (χ3n) is 9.76. The minimum Gasteiger partial charge on any atom is -0.406 e. The van der Waals surface area contributed by atoms with Gasteiger partial charge in [-0.3, -0.25) is 19.1 Å². The molecule has 3 aromatic carbocycles. The van der Waals surface area contributed by atoms with Gasteiger partial charge in [0.05, 0.1) is 21.1 Å². The Morgan fingerprint density at radius 3 is 2.29 bits per heavy atom. The molecule has 0 spiro atoms. The highest BCUT2D eigenvalue weighted by atomic mass is 19.4. The number of hydrogen-bond donors (Lipinski definition) is 2. The Balaban J connectivity index is 1.13. The average Bonchev–Trinajstić information content (AvgIpc) is 3.07. The number of nitrogens with one attached hydrogen (secondary N) is 2. The monoisotopic (exact) mass is 712 g/mol. The fourth-order valence-electron chi connectivity index (χ4n) is 6.89. The van der Waals surface area contributed by atoms with Gasteiger partial charge in [0.15, 0.2) is 0 Å². The highest BCUT2D eigenvalue weighted by Crippen LogP contribution is 2.29. The van der Waals surface area contributed by atoms with E-state index in [4.69, 9.17) is 4.74 Å². The molecule has 12 heteroatoms. The van der Waals surface area contributed by atoms with E-state index in [2.05, 4.69) is 33.4 Å². The van der Waals surface area contributed by atoms with Gasteiger partial charge >= 0.3 is 12.1 Å². The van der Waals surface area contributed by atoms with Crippen molar-refractivity contribution in [1.29, 1.82) is 0 Å². The molecule has 2 N–H and O–H groups in total. The fraction of sp³-hybridized carbons (Fsp3) is 0.487. The maximum Gasteiger partial charge on any atom is 0.491 e. The molecule has 0 aromatic heterocycles. The Kier molecular flexibility index (Phi) is 12.5. The summed E-state index contributed by atoms with van der Waals surface area (Å²) in [5.41, 5.74) is 4.72. The van der Waals surface area contributed by atoms with Gasteiger partial charge in [-0.05, 0) is 91.4 Å². The van der Waals surface area contributed by atoms with E-state index in [0.29, 0.717) is 30.1 Å². The van der Waals surface area contributed by atoms with Gasteiger partial charge in [0.1, 0.15) is 5.82 Å². The van der Waals surface area contributed by atoms with Crippen molar-refractivity contribution in [3.05, 3.63) is 94.8 Å². The van der Waals surface area contributed by atoms with Gasteiger partial charge in [-0.15, -0.1) is 0 Å². The lowest BCUT2D eigenvalue weighted by atomic mass is 9.92. The number of halogens is 4. The van der Waals surface area contributed by atoms with Gasteiger partial charge < -0.3 is 15.4 Å². The molecule has 5 rings (SSSR count). The minimum atomic E-state index is -5.02. The molecule has 0 bridgehead atoms. The Morgan fingerprint density at radius 1 is 0.922 bits per heavy atom. The lowest BCUT2D eigenvalue weighted by molar-refractivity contribution is -0.917. The summed E-state index contributed by atoms with van der Waals surface area (Å²) < 4.78 is 58.6. The molecule has 1 unspecified atom stereocenters. The number of likely N-dealkylation sites (tertiary alicyclic amines) is 1. The minimum absolute atomic E-state index is 0.0872. The number of amides is 1. The topological polar surface area (TPSA) is 73.9 Å². The number of quaternary nitrogens is 1. The third kappa shape index (κ3) is 11.1. The third-order valence-corrected chi connectivity index (χ3v) is 9.76. The summed E-state index contributed by atoms with van der Waals surface area (Å²) in [6, 6.07) is 20.8. The second-order valence-electron chi connectivity index (χ2n) is 14.9. The summed E-state index contributed by atoms with van der Waals surface area (Å²) >= 11 is 0. The Hall–Kier alpha value is -3.84. The molecule has 1 amide bonds. The first kappa shape index (κ1) is 38.4. The van der Waals surface area contributed by atoms with Crippen LogP contribution in [-0.2, 0) is 29.2 Å². The van der Waals surface area contributed by atoms with E-state index < -0.39 is 18.4 Å². The molecule has 2 aliphatic rings. The van der Waals surface area contributed by atoms with E-state index in [1.807, 2.05) is 36.4 Å². The van der Waals surface area contributed by atoms with Crippen LogP contribution >= 0.6 is 0 Å². The highest BCUT2D eigenvalue weighted by molar-refractivity contribution is 5.94. The van der Waals surface area contributed by atoms with Gasteiger partial charge in [-0.2, -0.15) is 13.2 Å². The van der Waals surface area contributed by atoms with Crippen LogP contribution < -0.4 is 10.6 Å². The summed E-state index contributed by atoms with van der Waals surface area (Å²) in [5.74, 6) is -2.57. The maximum atomic E-state index is 15.0. The van der Waals surface area contributed by atoms with Crippen molar-refractivity contribution < 1.29 is 36.4 Å². The first-order valence-corrected chi connectivity index (χ1v) is 17.7. The fourth-order valence-corrected chi connectivity index (χ4v) is 6.89. The molecular weight excluding hydrogens is 662 g/mol. The van der Waals surface area contributed by atoms with Crippen molar-refractivity contribution in [2.24, 2.45) is 5.92 Å². The maximum absolute atomic E-state index is 15.0. The number of hydrogen-bond acceptors (Lipinski definition) is 6. The van der Waals surface area contributed by atoms with E-state index in [1.54, 1.807) is 39.3 Å². The molecule has 2 aliphatic heterocycles. The quantitative estimate of drug-likeness (QED) is 0.105. The van der Waals surface area contributed by atoms with Gasteiger partial charge in [0.25, 0.3) is 5.91 Å². The van der Waals surface area contributed by atoms with Crippen molar-refractivity contribution in [3.8, 4) is 11.1 Å². The van der Waals surface area contributed by atoms with Gasteiger partial charge in [0, 0.05) is 62.9 Å². The number of esters is 1. The Morgan fingerprint density at radius 2 is 1.61 bits per heavy atom. The summed E-state index contributed by atoms with van der Waals surface area (Å²) in [5, 5.41) is 6.43. The van der Waals surface area contributed by atoms with Crippen LogP contribution in [0.3, 0.4) is 0 Å². The average molecular weight is 713 g/mol. The van der Waals surface area contributed by atoms with Crippen LogP contribution in [0.1, 0.15) is 53.2 Å². The molecule has 0 aliphatic carbocycles. The zero-order valence-electron chi connectivity index (χ0n) is 29.9. The predicted molar refractivity (Wildman–Crippen MR) is 189 cm³/mol. The van der Waals surface area contributed by atoms with Crippen LogP contribution in [0.25, 0.3) is 11.1 Å². The van der Waals surface area contributed by atoms with Crippen LogP contribution in [0, 0.1) is 11.7 Å². The molecule has 2 fully saturated rings. The van der Waals surface area contributed by atoms with Gasteiger partial charge in [0.2, 0.25) is 6.23 Å². The normalized spacial score (nSPS) is 18.7. The SMILES string of the molecule is C[C@H]1CN(Cc2cccc(-c3cc(CNC(=O)c4cccc(CN5CCC(CC(OC(=O)C(F)(F)F)[N+](C)(C)C)CC5)c4)ccc3F)c2)CCN1. The number of carbonyl (C=O) groups excluding carboxylic acids is 2. The smallest absolute Gasteiger partial charge is 0.406 e. The number of ether oxygens (including phenoxy) is 1. The van der Waals surface area contributed by atoms with Crippen LogP contribution in [-0.4, -0.2) is 98.5 Å². The number of alkyl halides is 3. The molecule has 2 heterocycles. The molecule has 8 nitrogen and oxygen atoms in total. The molecular formula is C39H50F4N5O3+. The summed E-state index contributed by atoms with van der Waals surface area (Å²) in [7, 11) is 5.16. The Labute approximate surface area is 298 Å². The van der Waals surface area contributed by atoms with E-state index in [1.165, 1.54) is 6.07 Å². The molecule has 2 saturated heterocycles. The zero-order valence-corrected chi connectivity index (χ0v) is 29.9. The highest BCUT2D eigenvalue weighted by Gasteiger charge is 2.45. The van der Waals surface area contributed by atoms with E-state index in [9.17, 15) is 22.8 Å². The van der Waals surface area contributed by atoms with Crippen molar-refractivity contribution in [3.63, 3.8) is 0 Å². The number of nitrogens with zero attached hydrogens (tertiary/aromatic N) is 3. The number of piperazine rings is 1. The van der Waals surface area contributed by atoms with Crippen molar-refractivity contribution in [1.82, 2.24) is 20.4 Å². The molecule has 0 saturated carbocycles. The van der Waals surface area contributed by atoms with Crippen LogP contribution in [0.4, 0.5) is 17.6 Å². The summed E-state index contributed by atoms with van der Waals surface area (Å²) in [6.45, 7) is 8.22. The largest absolute Gasteiger partial charge is 0.491 e. The summed E-state index contributed by atoms with van der Waals surface area (Å²) in [6.07, 6.45) is -4.04. The summed E-state index contributed by atoms with van der Waals surface area (Å²) in [4.78, 5) is 29.4. The first-order chi connectivity index (χ1) is 24.1. The molecule has 2 atom stereocenters. The zero-order chi connectivity index (χ0) is 36.8. The van der Waals surface area contributed by atoms with E-state index >= 15 is 4.39 Å². The lowest BCUT2D eigenvalue weighted by Crippen LogP contribution is -2.50. The second-order valence-corrected chi connectivity index (χ2v) is 14.9. The molecule has 276 valence electrons. The second kappa shape index (κ2) is 16.7. The van der Waals surface area contributed by atoms with Crippen LogP contribution in [0.15, 0.2) is 66.7 Å². The van der Waals surface area contributed by atoms with Crippen LogP contribution in [0.5, 0.6) is 0 Å². The number of carbonyl (C=O) groups is 2. The number of benzene rings is 3. The Bertz CT molecular complexity index is 1650. The number of rotatable bonds is 12. The lowest BCUT2D eigenvalue weighted by Gasteiger charge is -2.38. The van der Waals surface area contributed by atoms with Gasteiger partial charge in [-0.25, -0.2) is 9.18 Å². The first-order valence-electron chi connectivity index (χ1n) is 17.7. The number of piperidine rings is 1. The van der Waals surface area contributed by atoms with Crippen molar-refractivity contribution in [2.75, 3.05) is 53.9 Å². The molecule has 0 radical (unpaired) electrons.